The first-order chi connectivity index (χ1) is 9.52. The summed E-state index contributed by atoms with van der Waals surface area (Å²) < 4.78 is 19.3. The average Bonchev–Trinajstić information content (AvgIpc) is 2.42. The fourth-order valence-corrected chi connectivity index (χ4v) is 1.80. The van der Waals surface area contributed by atoms with Crippen LogP contribution in [0.25, 0.3) is 0 Å². The number of rotatable bonds is 4. The van der Waals surface area contributed by atoms with Gasteiger partial charge in [-0.1, -0.05) is 12.1 Å². The topological polar surface area (TPSA) is 78.4 Å². The average molecular weight is 276 g/mol. The van der Waals surface area contributed by atoms with Gasteiger partial charge in [0.05, 0.1) is 4.92 Å². The van der Waals surface area contributed by atoms with Gasteiger partial charge in [0.2, 0.25) is 0 Å². The van der Waals surface area contributed by atoms with Crippen molar-refractivity contribution < 1.29 is 14.1 Å². The summed E-state index contributed by atoms with van der Waals surface area (Å²) in [4.78, 5) is 10.2. The second-order valence-electron chi connectivity index (χ2n) is 4.24. The summed E-state index contributed by atoms with van der Waals surface area (Å²) in [5.74, 6) is -0.118. The highest BCUT2D eigenvalue weighted by atomic mass is 19.1. The van der Waals surface area contributed by atoms with E-state index in [1.165, 1.54) is 24.3 Å². The summed E-state index contributed by atoms with van der Waals surface area (Å²) in [6.45, 7) is 1.80. The van der Waals surface area contributed by atoms with Crippen LogP contribution in [0.3, 0.4) is 0 Å². The van der Waals surface area contributed by atoms with Crippen molar-refractivity contribution in [2.24, 2.45) is 5.73 Å². The minimum absolute atomic E-state index is 0.0394. The van der Waals surface area contributed by atoms with Crippen molar-refractivity contribution >= 4 is 5.69 Å². The standard InChI is InChI=1S/C14H13FN2O3/c1-9-7-11(17(18)19)5-6-13(9)20-14-10(8-16)3-2-4-12(14)15/h2-7H,8,16H2,1H3. The maximum Gasteiger partial charge on any atom is 0.269 e. The largest absolute Gasteiger partial charge is 0.454 e. The van der Waals surface area contributed by atoms with E-state index < -0.39 is 10.7 Å². The van der Waals surface area contributed by atoms with Gasteiger partial charge in [0.15, 0.2) is 11.6 Å². The summed E-state index contributed by atoms with van der Waals surface area (Å²) in [5.41, 5.74) is 6.58. The Labute approximate surface area is 114 Å². The van der Waals surface area contributed by atoms with Crippen molar-refractivity contribution in [2.75, 3.05) is 0 Å². The molecule has 2 rings (SSSR count). The number of aryl methyl sites for hydroxylation is 1. The number of para-hydroxylation sites is 1. The minimum Gasteiger partial charge on any atom is -0.454 e. The number of nitro benzene ring substituents is 1. The van der Waals surface area contributed by atoms with Crippen LogP contribution in [0, 0.1) is 22.9 Å². The molecule has 2 aromatic rings. The predicted octanol–water partition coefficient (Wildman–Crippen LogP) is 3.29. The summed E-state index contributed by atoms with van der Waals surface area (Å²) in [6.07, 6.45) is 0. The molecule has 0 aromatic heterocycles. The third-order valence-electron chi connectivity index (χ3n) is 2.85. The van der Waals surface area contributed by atoms with Crippen molar-refractivity contribution in [3.8, 4) is 11.5 Å². The molecule has 5 nitrogen and oxygen atoms in total. The lowest BCUT2D eigenvalue weighted by atomic mass is 10.1. The van der Waals surface area contributed by atoms with Gasteiger partial charge in [-0.25, -0.2) is 4.39 Å². The van der Waals surface area contributed by atoms with E-state index in [1.807, 2.05) is 0 Å². The van der Waals surface area contributed by atoms with E-state index in [-0.39, 0.29) is 18.0 Å². The van der Waals surface area contributed by atoms with E-state index in [9.17, 15) is 14.5 Å². The highest BCUT2D eigenvalue weighted by Gasteiger charge is 2.13. The zero-order valence-corrected chi connectivity index (χ0v) is 10.8. The van der Waals surface area contributed by atoms with E-state index in [4.69, 9.17) is 10.5 Å². The Kier molecular flexibility index (Phi) is 3.95. The molecule has 0 aliphatic heterocycles. The Hall–Kier alpha value is -2.47. The van der Waals surface area contributed by atoms with Gasteiger partial charge in [-0.15, -0.1) is 0 Å². The Balaban J connectivity index is 2.38. The normalized spacial score (nSPS) is 10.3. The van der Waals surface area contributed by atoms with Crippen molar-refractivity contribution in [1.82, 2.24) is 0 Å². The van der Waals surface area contributed by atoms with Crippen LogP contribution in [0.4, 0.5) is 10.1 Å². The number of nitrogens with zero attached hydrogens (tertiary/aromatic N) is 1. The van der Waals surface area contributed by atoms with Gasteiger partial charge in [-0.3, -0.25) is 10.1 Å². The van der Waals surface area contributed by atoms with E-state index in [0.29, 0.717) is 16.9 Å². The van der Waals surface area contributed by atoms with Crippen LogP contribution in [0.1, 0.15) is 11.1 Å². The Morgan fingerprint density at radius 1 is 1.35 bits per heavy atom. The molecule has 20 heavy (non-hydrogen) atoms. The van der Waals surface area contributed by atoms with Crippen LogP contribution in [-0.4, -0.2) is 4.92 Å². The van der Waals surface area contributed by atoms with Crippen molar-refractivity contribution in [1.29, 1.82) is 0 Å². The first-order valence-corrected chi connectivity index (χ1v) is 5.93. The fraction of sp³-hybridized carbons (Fsp3) is 0.143. The van der Waals surface area contributed by atoms with Gasteiger partial charge in [0.25, 0.3) is 5.69 Å². The molecule has 0 aliphatic rings. The molecule has 0 heterocycles. The molecule has 0 saturated heterocycles. The molecule has 0 spiro atoms. The van der Waals surface area contributed by atoms with Gasteiger partial charge in [-0.2, -0.15) is 0 Å². The summed E-state index contributed by atoms with van der Waals surface area (Å²) in [5, 5.41) is 10.7. The summed E-state index contributed by atoms with van der Waals surface area (Å²) >= 11 is 0. The molecule has 0 saturated carbocycles. The number of benzene rings is 2. The SMILES string of the molecule is Cc1cc([N+](=O)[O-])ccc1Oc1c(F)cccc1CN. The monoisotopic (exact) mass is 276 g/mol. The number of nitro groups is 1. The van der Waals surface area contributed by atoms with Crippen LogP contribution >= 0.6 is 0 Å². The first-order valence-electron chi connectivity index (χ1n) is 5.93. The molecular formula is C14H13FN2O3. The van der Waals surface area contributed by atoms with E-state index >= 15 is 0 Å². The van der Waals surface area contributed by atoms with Crippen LogP contribution in [-0.2, 0) is 6.54 Å². The quantitative estimate of drug-likeness (QED) is 0.686. The molecule has 0 fully saturated rings. The zero-order valence-electron chi connectivity index (χ0n) is 10.8. The number of non-ortho nitro benzene ring substituents is 1. The highest BCUT2D eigenvalue weighted by Crippen LogP contribution is 2.31. The van der Waals surface area contributed by atoms with Gasteiger partial charge in [0, 0.05) is 24.2 Å². The fourth-order valence-electron chi connectivity index (χ4n) is 1.80. The molecule has 0 unspecified atom stereocenters. The lowest BCUT2D eigenvalue weighted by Crippen LogP contribution is -2.02. The first kappa shape index (κ1) is 14.0. The lowest BCUT2D eigenvalue weighted by Gasteiger charge is -2.12. The molecule has 6 heteroatoms. The second-order valence-corrected chi connectivity index (χ2v) is 4.24. The molecule has 0 amide bonds. The van der Waals surface area contributed by atoms with E-state index in [2.05, 4.69) is 0 Å². The van der Waals surface area contributed by atoms with Gasteiger partial charge >= 0.3 is 0 Å². The van der Waals surface area contributed by atoms with Crippen molar-refractivity contribution in [2.45, 2.75) is 13.5 Å². The maximum absolute atomic E-state index is 13.8. The summed E-state index contributed by atoms with van der Waals surface area (Å²) in [6, 6.07) is 8.62. The smallest absolute Gasteiger partial charge is 0.269 e. The molecule has 0 aliphatic carbocycles. The minimum atomic E-state index is -0.522. The lowest BCUT2D eigenvalue weighted by molar-refractivity contribution is -0.384. The molecule has 0 atom stereocenters. The molecule has 0 bridgehead atoms. The maximum atomic E-state index is 13.8. The van der Waals surface area contributed by atoms with Crippen molar-refractivity contribution in [3.63, 3.8) is 0 Å². The highest BCUT2D eigenvalue weighted by molar-refractivity contribution is 5.46. The third-order valence-corrected chi connectivity index (χ3v) is 2.85. The Morgan fingerprint density at radius 3 is 2.70 bits per heavy atom. The van der Waals surface area contributed by atoms with E-state index in [0.717, 1.165) is 0 Å². The van der Waals surface area contributed by atoms with Crippen LogP contribution in [0.2, 0.25) is 0 Å². The predicted molar refractivity (Wildman–Crippen MR) is 72.2 cm³/mol. The molecule has 0 radical (unpaired) electrons. The molecular weight excluding hydrogens is 263 g/mol. The molecule has 2 N–H and O–H groups in total. The number of halogens is 1. The number of nitrogens with two attached hydrogens (primary N) is 1. The molecule has 104 valence electrons. The van der Waals surface area contributed by atoms with Crippen LogP contribution in [0.5, 0.6) is 11.5 Å². The number of hydrogen-bond acceptors (Lipinski definition) is 4. The van der Waals surface area contributed by atoms with Crippen LogP contribution in [0.15, 0.2) is 36.4 Å². The Morgan fingerprint density at radius 2 is 2.10 bits per heavy atom. The Bertz CT molecular complexity index is 659. The second kappa shape index (κ2) is 5.66. The third kappa shape index (κ3) is 2.75. The van der Waals surface area contributed by atoms with Crippen molar-refractivity contribution in [3.05, 3.63) is 63.5 Å². The number of ether oxygens (including phenoxy) is 1. The van der Waals surface area contributed by atoms with Gasteiger partial charge in [-0.05, 0) is 24.6 Å². The van der Waals surface area contributed by atoms with Gasteiger partial charge in [0.1, 0.15) is 5.75 Å². The zero-order chi connectivity index (χ0) is 14.7. The summed E-state index contributed by atoms with van der Waals surface area (Å²) in [7, 11) is 0. The van der Waals surface area contributed by atoms with E-state index in [1.54, 1.807) is 19.1 Å². The molecule has 2 aromatic carbocycles. The van der Waals surface area contributed by atoms with Crippen LogP contribution < -0.4 is 10.5 Å². The number of hydrogen-bond donors (Lipinski definition) is 1. The van der Waals surface area contributed by atoms with Gasteiger partial charge < -0.3 is 10.5 Å².